The van der Waals surface area contributed by atoms with Gasteiger partial charge in [-0.15, -0.1) is 0 Å². The van der Waals surface area contributed by atoms with Crippen LogP contribution in [0, 0.1) is 0 Å². The molecule has 2 aromatic rings. The molecule has 21 heavy (non-hydrogen) atoms. The number of rotatable bonds is 4. The van der Waals surface area contributed by atoms with Gasteiger partial charge in [0.2, 0.25) is 5.88 Å². The van der Waals surface area contributed by atoms with Crippen LogP contribution in [0.25, 0.3) is 0 Å². The number of carbonyl (C=O) groups excluding carboxylic acids is 1. The number of halogens is 3. The van der Waals surface area contributed by atoms with E-state index in [4.69, 9.17) is 9.47 Å². The number of hydrogen-bond donors (Lipinski definition) is 0. The van der Waals surface area contributed by atoms with Crippen LogP contribution in [-0.4, -0.2) is 18.4 Å². The largest absolute Gasteiger partial charge is 0.493 e. The van der Waals surface area contributed by atoms with Gasteiger partial charge in [0.25, 0.3) is 0 Å². The zero-order chi connectivity index (χ0) is 15.5. The highest BCUT2D eigenvalue weighted by atomic mass is 19.4. The second-order valence-electron chi connectivity index (χ2n) is 4.01. The van der Waals surface area contributed by atoms with Gasteiger partial charge in [-0.25, -0.2) is 4.98 Å². The van der Waals surface area contributed by atoms with Crippen molar-refractivity contribution in [1.29, 1.82) is 0 Å². The highest BCUT2D eigenvalue weighted by molar-refractivity contribution is 5.76. The summed E-state index contributed by atoms with van der Waals surface area (Å²) in [5, 5.41) is 0. The molecule has 4 nitrogen and oxygen atoms in total. The van der Waals surface area contributed by atoms with Crippen molar-refractivity contribution in [2.24, 2.45) is 0 Å². The van der Waals surface area contributed by atoms with E-state index in [1.165, 1.54) is 25.3 Å². The van der Waals surface area contributed by atoms with Crippen LogP contribution in [0.3, 0.4) is 0 Å². The molecule has 1 heterocycles. The van der Waals surface area contributed by atoms with Crippen LogP contribution >= 0.6 is 0 Å². The summed E-state index contributed by atoms with van der Waals surface area (Å²) in [5.41, 5.74) is -0.474. The van der Waals surface area contributed by atoms with Crippen molar-refractivity contribution in [3.05, 3.63) is 47.7 Å². The number of aldehydes is 1. The first-order valence-corrected chi connectivity index (χ1v) is 5.78. The normalized spacial score (nSPS) is 11.0. The zero-order valence-corrected chi connectivity index (χ0v) is 10.8. The number of hydrogen-bond acceptors (Lipinski definition) is 4. The third-order valence-corrected chi connectivity index (χ3v) is 2.60. The van der Waals surface area contributed by atoms with Crippen molar-refractivity contribution >= 4 is 6.29 Å². The predicted molar refractivity (Wildman–Crippen MR) is 67.7 cm³/mol. The summed E-state index contributed by atoms with van der Waals surface area (Å²) >= 11 is 0. The summed E-state index contributed by atoms with van der Waals surface area (Å²) in [4.78, 5) is 14.3. The molecule has 0 atom stereocenters. The molecule has 0 aliphatic heterocycles. The maximum absolute atomic E-state index is 12.4. The molecule has 0 saturated carbocycles. The molecule has 0 amide bonds. The topological polar surface area (TPSA) is 48.4 Å². The minimum atomic E-state index is -4.45. The minimum Gasteiger partial charge on any atom is -0.493 e. The van der Waals surface area contributed by atoms with Crippen LogP contribution in [0.15, 0.2) is 36.5 Å². The van der Waals surface area contributed by atoms with E-state index in [0.717, 1.165) is 12.1 Å². The number of ether oxygens (including phenoxy) is 2. The van der Waals surface area contributed by atoms with Crippen molar-refractivity contribution in [2.75, 3.05) is 7.11 Å². The first kappa shape index (κ1) is 14.8. The number of pyridine rings is 1. The molecule has 1 aromatic carbocycles. The summed E-state index contributed by atoms with van der Waals surface area (Å²) in [6.45, 7) is 0. The van der Waals surface area contributed by atoms with Gasteiger partial charge in [-0.3, -0.25) is 4.79 Å². The van der Waals surface area contributed by atoms with Gasteiger partial charge in [0.15, 0.2) is 11.5 Å². The molecule has 0 aliphatic rings. The Kier molecular flexibility index (Phi) is 4.11. The summed E-state index contributed by atoms with van der Waals surface area (Å²) in [6, 6.07) is 6.40. The monoisotopic (exact) mass is 297 g/mol. The Morgan fingerprint density at radius 1 is 1.14 bits per heavy atom. The highest BCUT2D eigenvalue weighted by Crippen LogP contribution is 2.33. The molecule has 0 bridgehead atoms. The molecule has 0 fully saturated rings. The van der Waals surface area contributed by atoms with Crippen LogP contribution in [0.5, 0.6) is 17.4 Å². The van der Waals surface area contributed by atoms with Gasteiger partial charge in [0.1, 0.15) is 6.29 Å². The van der Waals surface area contributed by atoms with E-state index < -0.39 is 11.7 Å². The van der Waals surface area contributed by atoms with Gasteiger partial charge in [-0.1, -0.05) is 0 Å². The number of alkyl halides is 3. The smallest absolute Gasteiger partial charge is 0.417 e. The van der Waals surface area contributed by atoms with Gasteiger partial charge >= 0.3 is 6.18 Å². The summed E-state index contributed by atoms with van der Waals surface area (Å²) in [5.74, 6) is 0.511. The number of nitrogens with zero attached hydrogens (tertiary/aromatic N) is 1. The van der Waals surface area contributed by atoms with E-state index in [1.54, 1.807) is 0 Å². The summed E-state index contributed by atoms with van der Waals surface area (Å²) < 4.78 is 47.6. The van der Waals surface area contributed by atoms with E-state index >= 15 is 0 Å². The van der Waals surface area contributed by atoms with Gasteiger partial charge in [-0.2, -0.15) is 13.2 Å². The van der Waals surface area contributed by atoms with Crippen molar-refractivity contribution in [3.63, 3.8) is 0 Å². The Labute approximate surface area is 118 Å². The van der Waals surface area contributed by atoms with Crippen LogP contribution in [0.2, 0.25) is 0 Å². The molecule has 110 valence electrons. The quantitative estimate of drug-likeness (QED) is 0.807. The molecule has 0 aliphatic carbocycles. The molecule has 7 heteroatoms. The Bertz CT molecular complexity index is 639. The third kappa shape index (κ3) is 3.50. The van der Waals surface area contributed by atoms with Gasteiger partial charge < -0.3 is 9.47 Å². The first-order valence-electron chi connectivity index (χ1n) is 5.78. The van der Waals surface area contributed by atoms with Crippen LogP contribution in [-0.2, 0) is 6.18 Å². The van der Waals surface area contributed by atoms with Gasteiger partial charge in [-0.05, 0) is 24.3 Å². The van der Waals surface area contributed by atoms with E-state index in [9.17, 15) is 18.0 Å². The third-order valence-electron chi connectivity index (χ3n) is 2.60. The molecular formula is C14H10F3NO3. The van der Waals surface area contributed by atoms with Crippen molar-refractivity contribution in [1.82, 2.24) is 4.98 Å². The number of methoxy groups -OCH3 is 1. The lowest BCUT2D eigenvalue weighted by Gasteiger charge is -2.11. The highest BCUT2D eigenvalue weighted by Gasteiger charge is 2.30. The first-order chi connectivity index (χ1) is 9.94. The van der Waals surface area contributed by atoms with Crippen molar-refractivity contribution in [3.8, 4) is 17.4 Å². The molecule has 1 aromatic heterocycles. The van der Waals surface area contributed by atoms with Gasteiger partial charge in [0.05, 0.1) is 12.7 Å². The average molecular weight is 297 g/mol. The minimum absolute atomic E-state index is 0.0137. The standard InChI is InChI=1S/C14H10F3NO3/c1-20-12-6-9(8-19)2-4-11(12)21-13-5-3-10(7-18-13)14(15,16)17/h2-8H,1H3. The fourth-order valence-corrected chi connectivity index (χ4v) is 1.56. The summed E-state index contributed by atoms with van der Waals surface area (Å²) in [6.07, 6.45) is -3.13. The molecule has 2 rings (SSSR count). The molecular weight excluding hydrogens is 287 g/mol. The lowest BCUT2D eigenvalue weighted by atomic mass is 10.2. The maximum Gasteiger partial charge on any atom is 0.417 e. The van der Waals surface area contributed by atoms with Crippen LogP contribution < -0.4 is 9.47 Å². The maximum atomic E-state index is 12.4. The number of carbonyl (C=O) groups is 1. The molecule has 0 spiro atoms. The average Bonchev–Trinajstić information content (AvgIpc) is 2.47. The number of benzene rings is 1. The van der Waals surface area contributed by atoms with Crippen molar-refractivity contribution < 1.29 is 27.4 Å². The predicted octanol–water partition coefficient (Wildman–Crippen LogP) is 3.71. The Morgan fingerprint density at radius 2 is 1.90 bits per heavy atom. The zero-order valence-electron chi connectivity index (χ0n) is 10.8. The number of aromatic nitrogens is 1. The fraction of sp³-hybridized carbons (Fsp3) is 0.143. The lowest BCUT2D eigenvalue weighted by Crippen LogP contribution is -2.05. The van der Waals surface area contributed by atoms with E-state index in [0.29, 0.717) is 18.0 Å². The molecule has 0 unspecified atom stereocenters. The van der Waals surface area contributed by atoms with Crippen LogP contribution in [0.1, 0.15) is 15.9 Å². The van der Waals surface area contributed by atoms with E-state index in [1.807, 2.05) is 0 Å². The second-order valence-corrected chi connectivity index (χ2v) is 4.01. The summed E-state index contributed by atoms with van der Waals surface area (Å²) in [7, 11) is 1.39. The fourth-order valence-electron chi connectivity index (χ4n) is 1.56. The van der Waals surface area contributed by atoms with Crippen LogP contribution in [0.4, 0.5) is 13.2 Å². The molecule has 0 saturated heterocycles. The Morgan fingerprint density at radius 3 is 2.43 bits per heavy atom. The SMILES string of the molecule is COc1cc(C=O)ccc1Oc1ccc(C(F)(F)F)cn1. The Hall–Kier alpha value is -2.57. The second kappa shape index (κ2) is 5.82. The van der Waals surface area contributed by atoms with E-state index in [2.05, 4.69) is 4.98 Å². The molecule has 0 N–H and O–H groups in total. The van der Waals surface area contributed by atoms with Crippen molar-refractivity contribution in [2.45, 2.75) is 6.18 Å². The lowest BCUT2D eigenvalue weighted by molar-refractivity contribution is -0.137. The molecule has 0 radical (unpaired) electrons. The van der Waals surface area contributed by atoms with Gasteiger partial charge in [0, 0.05) is 17.8 Å². The van der Waals surface area contributed by atoms with E-state index in [-0.39, 0.29) is 17.4 Å². The Balaban J connectivity index is 2.24.